The monoisotopic (exact) mass is 259 g/mol. The molecule has 1 unspecified atom stereocenters. The highest BCUT2D eigenvalue weighted by Crippen LogP contribution is 2.14. The van der Waals surface area contributed by atoms with Gasteiger partial charge in [-0.1, -0.05) is 6.07 Å². The van der Waals surface area contributed by atoms with Crippen molar-refractivity contribution in [3.63, 3.8) is 0 Å². The van der Waals surface area contributed by atoms with Gasteiger partial charge in [-0.15, -0.1) is 0 Å². The fraction of sp³-hybridized carbons (Fsp3) is 0.429. The molecule has 2 heterocycles. The number of H-pyrrole nitrogens is 1. The third-order valence-electron chi connectivity index (χ3n) is 3.34. The van der Waals surface area contributed by atoms with Crippen LogP contribution < -0.4 is 5.32 Å². The van der Waals surface area contributed by atoms with E-state index in [4.69, 9.17) is 4.74 Å². The number of nitrogens with one attached hydrogen (secondary N) is 2. The first-order valence-electron chi connectivity index (χ1n) is 6.57. The Hall–Kier alpha value is -1.88. The van der Waals surface area contributed by atoms with Gasteiger partial charge in [0, 0.05) is 6.61 Å². The van der Waals surface area contributed by atoms with Gasteiger partial charge in [-0.05, 0) is 37.5 Å². The molecule has 5 nitrogen and oxygen atoms in total. The molecule has 1 aliphatic rings. The molecule has 1 aromatic heterocycles. The van der Waals surface area contributed by atoms with Gasteiger partial charge < -0.3 is 15.0 Å². The Bertz CT molecular complexity index is 600. The van der Waals surface area contributed by atoms with E-state index in [1.165, 1.54) is 5.56 Å². The number of hydrogen-bond acceptors (Lipinski definition) is 3. The van der Waals surface area contributed by atoms with Crippen molar-refractivity contribution in [2.75, 3.05) is 6.61 Å². The van der Waals surface area contributed by atoms with Crippen LogP contribution in [0.1, 0.15) is 24.2 Å². The van der Waals surface area contributed by atoms with Crippen molar-refractivity contribution < 1.29 is 9.53 Å². The Morgan fingerprint density at radius 3 is 3.26 bits per heavy atom. The maximum Gasteiger partial charge on any atom is 0.249 e. The number of carbonyl (C=O) groups excluding carboxylic acids is 1. The van der Waals surface area contributed by atoms with Crippen LogP contribution in [0.4, 0.5) is 0 Å². The second kappa shape index (κ2) is 5.01. The Kier molecular flexibility index (Phi) is 3.21. The van der Waals surface area contributed by atoms with Crippen LogP contribution >= 0.6 is 0 Å². The fourth-order valence-corrected chi connectivity index (χ4v) is 2.33. The molecule has 2 N–H and O–H groups in total. The third kappa shape index (κ3) is 2.61. The van der Waals surface area contributed by atoms with E-state index >= 15 is 0 Å². The lowest BCUT2D eigenvalue weighted by molar-refractivity contribution is -0.130. The Morgan fingerprint density at radius 2 is 2.47 bits per heavy atom. The quantitative estimate of drug-likeness (QED) is 0.881. The van der Waals surface area contributed by atoms with E-state index in [2.05, 4.69) is 15.3 Å². The van der Waals surface area contributed by atoms with Gasteiger partial charge in [-0.3, -0.25) is 4.79 Å². The lowest BCUT2D eigenvalue weighted by Crippen LogP contribution is -2.33. The summed E-state index contributed by atoms with van der Waals surface area (Å²) in [4.78, 5) is 19.5. The number of carbonyl (C=O) groups is 1. The number of imidazole rings is 1. The SMILES string of the molecule is Cc1ccc2nc(CNC(=O)C3CCCO3)[nH]c2c1. The minimum atomic E-state index is -0.286. The normalized spacial score (nSPS) is 18.9. The molecule has 0 spiro atoms. The molecular formula is C14H17N3O2. The first-order chi connectivity index (χ1) is 9.22. The number of aromatic nitrogens is 2. The number of hydrogen-bond donors (Lipinski definition) is 2. The number of benzene rings is 1. The van der Waals surface area contributed by atoms with Crippen molar-refractivity contribution >= 4 is 16.9 Å². The summed E-state index contributed by atoms with van der Waals surface area (Å²) >= 11 is 0. The second-order valence-corrected chi connectivity index (χ2v) is 4.92. The molecule has 0 bridgehead atoms. The summed E-state index contributed by atoms with van der Waals surface area (Å²) in [5.41, 5.74) is 3.11. The minimum Gasteiger partial charge on any atom is -0.368 e. The molecule has 0 aliphatic carbocycles. The third-order valence-corrected chi connectivity index (χ3v) is 3.34. The van der Waals surface area contributed by atoms with Gasteiger partial charge in [0.1, 0.15) is 11.9 Å². The molecule has 1 atom stereocenters. The molecule has 0 radical (unpaired) electrons. The van der Waals surface area contributed by atoms with Crippen molar-refractivity contribution in [3.8, 4) is 0 Å². The molecule has 3 rings (SSSR count). The lowest BCUT2D eigenvalue weighted by Gasteiger charge is -2.08. The zero-order valence-corrected chi connectivity index (χ0v) is 10.9. The van der Waals surface area contributed by atoms with Gasteiger partial charge >= 0.3 is 0 Å². The van der Waals surface area contributed by atoms with Gasteiger partial charge in [0.2, 0.25) is 5.91 Å². The van der Waals surface area contributed by atoms with E-state index in [1.807, 2.05) is 25.1 Å². The minimum absolute atomic E-state index is 0.0471. The van der Waals surface area contributed by atoms with Crippen LogP contribution in [0.3, 0.4) is 0 Å². The van der Waals surface area contributed by atoms with Gasteiger partial charge in [0.05, 0.1) is 17.6 Å². The predicted molar refractivity (Wildman–Crippen MR) is 71.7 cm³/mol. The number of aromatic amines is 1. The molecule has 1 aromatic carbocycles. The van der Waals surface area contributed by atoms with Crippen LogP contribution in [0.25, 0.3) is 11.0 Å². The molecule has 1 saturated heterocycles. The molecular weight excluding hydrogens is 242 g/mol. The smallest absolute Gasteiger partial charge is 0.249 e. The largest absolute Gasteiger partial charge is 0.368 e. The topological polar surface area (TPSA) is 67.0 Å². The molecule has 1 amide bonds. The highest BCUT2D eigenvalue weighted by atomic mass is 16.5. The van der Waals surface area contributed by atoms with E-state index in [1.54, 1.807) is 0 Å². The maximum atomic E-state index is 11.8. The Labute approximate surface area is 111 Å². The standard InChI is InChI=1S/C14H17N3O2/c1-9-4-5-10-11(7-9)17-13(16-10)8-15-14(18)12-3-2-6-19-12/h4-5,7,12H,2-3,6,8H2,1H3,(H,15,18)(H,16,17). The average molecular weight is 259 g/mol. The summed E-state index contributed by atoms with van der Waals surface area (Å²) in [6.45, 7) is 3.13. The lowest BCUT2D eigenvalue weighted by atomic mass is 10.2. The summed E-state index contributed by atoms with van der Waals surface area (Å²) < 4.78 is 5.34. The predicted octanol–water partition coefficient (Wildman–Crippen LogP) is 1.67. The van der Waals surface area contributed by atoms with Crippen LogP contribution in [0, 0.1) is 6.92 Å². The molecule has 1 fully saturated rings. The Balaban J connectivity index is 1.66. The molecule has 2 aromatic rings. The molecule has 0 saturated carbocycles. The molecule has 100 valence electrons. The van der Waals surface area contributed by atoms with Crippen molar-refractivity contribution in [1.82, 2.24) is 15.3 Å². The van der Waals surface area contributed by atoms with Crippen LogP contribution in [-0.4, -0.2) is 28.6 Å². The number of rotatable bonds is 3. The van der Waals surface area contributed by atoms with E-state index in [-0.39, 0.29) is 12.0 Å². The molecule has 1 aliphatic heterocycles. The van der Waals surface area contributed by atoms with E-state index < -0.39 is 0 Å². The average Bonchev–Trinajstić information content (AvgIpc) is 3.04. The van der Waals surface area contributed by atoms with Crippen LogP contribution in [0.2, 0.25) is 0 Å². The van der Waals surface area contributed by atoms with Crippen molar-refractivity contribution in [2.24, 2.45) is 0 Å². The Morgan fingerprint density at radius 1 is 1.58 bits per heavy atom. The van der Waals surface area contributed by atoms with Crippen molar-refractivity contribution in [2.45, 2.75) is 32.4 Å². The number of fused-ring (bicyclic) bond motifs is 1. The maximum absolute atomic E-state index is 11.8. The summed E-state index contributed by atoms with van der Waals surface area (Å²) in [7, 11) is 0. The summed E-state index contributed by atoms with van der Waals surface area (Å²) in [6, 6.07) is 6.05. The number of nitrogens with zero attached hydrogens (tertiary/aromatic N) is 1. The fourth-order valence-electron chi connectivity index (χ4n) is 2.33. The van der Waals surface area contributed by atoms with Gasteiger partial charge in [-0.25, -0.2) is 4.98 Å². The summed E-state index contributed by atoms with van der Waals surface area (Å²) in [5.74, 6) is 0.723. The van der Waals surface area contributed by atoms with Crippen LogP contribution in [0.15, 0.2) is 18.2 Å². The first kappa shape index (κ1) is 12.2. The zero-order valence-electron chi connectivity index (χ0n) is 10.9. The molecule has 5 heteroatoms. The zero-order chi connectivity index (χ0) is 13.2. The van der Waals surface area contributed by atoms with E-state index in [0.717, 1.165) is 29.7 Å². The van der Waals surface area contributed by atoms with Crippen LogP contribution in [0.5, 0.6) is 0 Å². The van der Waals surface area contributed by atoms with Crippen molar-refractivity contribution in [3.05, 3.63) is 29.6 Å². The first-order valence-corrected chi connectivity index (χ1v) is 6.57. The highest BCUT2D eigenvalue weighted by Gasteiger charge is 2.23. The number of amides is 1. The summed E-state index contributed by atoms with van der Waals surface area (Å²) in [5, 5.41) is 2.86. The van der Waals surface area contributed by atoms with E-state index in [0.29, 0.717) is 13.2 Å². The van der Waals surface area contributed by atoms with Crippen LogP contribution in [-0.2, 0) is 16.1 Å². The highest BCUT2D eigenvalue weighted by molar-refractivity contribution is 5.81. The van der Waals surface area contributed by atoms with Gasteiger partial charge in [0.25, 0.3) is 0 Å². The second-order valence-electron chi connectivity index (χ2n) is 4.92. The van der Waals surface area contributed by atoms with Gasteiger partial charge in [-0.2, -0.15) is 0 Å². The number of aryl methyl sites for hydroxylation is 1. The van der Waals surface area contributed by atoms with Crippen molar-refractivity contribution in [1.29, 1.82) is 0 Å². The summed E-state index contributed by atoms with van der Waals surface area (Å²) in [6.07, 6.45) is 1.49. The van der Waals surface area contributed by atoms with E-state index in [9.17, 15) is 4.79 Å². The molecule has 19 heavy (non-hydrogen) atoms. The van der Waals surface area contributed by atoms with Gasteiger partial charge in [0.15, 0.2) is 0 Å². The number of ether oxygens (including phenoxy) is 1.